The Morgan fingerprint density at radius 2 is 1.62 bits per heavy atom. The number of amides is 2. The number of anilines is 2. The van der Waals surface area contributed by atoms with E-state index < -0.39 is 41.3 Å². The number of rotatable bonds is 7. The Kier molecular flexibility index (Phi) is 8.69. The summed E-state index contributed by atoms with van der Waals surface area (Å²) in [6, 6.07) is 10.8. The number of carbonyl (C=O) groups excluding carboxylic acids is 2. The van der Waals surface area contributed by atoms with Crippen LogP contribution in [0.3, 0.4) is 0 Å². The molecule has 3 heterocycles. The monoisotopic (exact) mass is 598 g/mol. The number of benzene rings is 2. The molecule has 3 atom stereocenters. The lowest BCUT2D eigenvalue weighted by molar-refractivity contribution is -0.118. The zero-order valence-corrected chi connectivity index (χ0v) is 24.0. The molecule has 2 aromatic carbocycles. The number of morpholine rings is 1. The SMILES string of the molecule is COc1cc(N2CCOCC2)nc(N2C(=O)C(C=NC(=O)c3ccc(Cl)cc3)[C@H](c3c(F)cc(OC)cc3F)[C@H]2C)c1. The molecule has 0 N–H and O–H groups in total. The summed E-state index contributed by atoms with van der Waals surface area (Å²) in [5.74, 6) is -3.89. The molecule has 0 aliphatic carbocycles. The highest BCUT2D eigenvalue weighted by Gasteiger charge is 2.49. The lowest BCUT2D eigenvalue weighted by atomic mass is 9.84. The fraction of sp³-hybridized carbons (Fsp3) is 0.333. The van der Waals surface area contributed by atoms with Crippen LogP contribution in [0.5, 0.6) is 11.5 Å². The molecule has 2 amide bonds. The maximum absolute atomic E-state index is 15.5. The molecule has 2 aliphatic heterocycles. The standard InChI is InChI=1S/C30H29ClF2N4O5/c1-17-27(28-23(32)12-20(40-2)13-24(28)33)22(16-34-29(38)18-4-6-19(31)7-5-18)30(39)37(17)26-15-21(41-3)14-25(35-26)36-8-10-42-11-9-36/h4-7,12-17,22,27H,8-11H2,1-3H3/t17-,22?,27-/m1/s1. The first-order valence-electron chi connectivity index (χ1n) is 13.3. The van der Waals surface area contributed by atoms with Crippen molar-refractivity contribution >= 4 is 41.3 Å². The number of aliphatic imine (C=N–C) groups is 1. The Morgan fingerprint density at radius 1 is 1.02 bits per heavy atom. The van der Waals surface area contributed by atoms with E-state index in [4.69, 9.17) is 30.8 Å². The Morgan fingerprint density at radius 3 is 2.24 bits per heavy atom. The molecule has 0 saturated carbocycles. The first-order chi connectivity index (χ1) is 20.2. The number of pyridine rings is 1. The third kappa shape index (κ3) is 5.79. The van der Waals surface area contributed by atoms with Gasteiger partial charge in [-0.05, 0) is 31.2 Å². The van der Waals surface area contributed by atoms with E-state index in [2.05, 4.69) is 4.99 Å². The number of ether oxygens (including phenoxy) is 3. The number of hydrogen-bond acceptors (Lipinski definition) is 7. The molecule has 2 fully saturated rings. The number of carbonyl (C=O) groups is 2. The van der Waals surface area contributed by atoms with Crippen molar-refractivity contribution in [3.63, 3.8) is 0 Å². The predicted molar refractivity (Wildman–Crippen MR) is 154 cm³/mol. The zero-order chi connectivity index (χ0) is 30.0. The van der Waals surface area contributed by atoms with Crippen molar-refractivity contribution in [1.29, 1.82) is 0 Å². The molecule has 0 radical (unpaired) electrons. The first-order valence-corrected chi connectivity index (χ1v) is 13.7. The summed E-state index contributed by atoms with van der Waals surface area (Å²) in [4.78, 5) is 39.0. The van der Waals surface area contributed by atoms with Gasteiger partial charge >= 0.3 is 0 Å². The van der Waals surface area contributed by atoms with Gasteiger partial charge in [-0.15, -0.1) is 0 Å². The van der Waals surface area contributed by atoms with E-state index >= 15 is 8.78 Å². The quantitative estimate of drug-likeness (QED) is 0.357. The smallest absolute Gasteiger partial charge is 0.276 e. The average Bonchev–Trinajstić information content (AvgIpc) is 3.24. The van der Waals surface area contributed by atoms with E-state index in [9.17, 15) is 9.59 Å². The first kappa shape index (κ1) is 29.4. The molecule has 2 aliphatic rings. The Hall–Kier alpha value is -4.09. The summed E-state index contributed by atoms with van der Waals surface area (Å²) in [6.45, 7) is 3.90. The van der Waals surface area contributed by atoms with Gasteiger partial charge in [0, 0.05) is 71.7 Å². The van der Waals surface area contributed by atoms with Gasteiger partial charge in [-0.1, -0.05) is 11.6 Å². The fourth-order valence-corrected chi connectivity index (χ4v) is 5.49. The predicted octanol–water partition coefficient (Wildman–Crippen LogP) is 4.91. The summed E-state index contributed by atoms with van der Waals surface area (Å²) >= 11 is 5.92. The number of nitrogens with zero attached hydrogens (tertiary/aromatic N) is 4. The number of halogens is 3. The normalized spacial score (nSPS) is 20.8. The van der Waals surface area contributed by atoms with E-state index in [0.717, 1.165) is 18.3 Å². The summed E-state index contributed by atoms with van der Waals surface area (Å²) in [5, 5.41) is 0.443. The van der Waals surface area contributed by atoms with Crippen molar-refractivity contribution in [2.45, 2.75) is 18.9 Å². The molecule has 42 heavy (non-hydrogen) atoms. The highest BCUT2D eigenvalue weighted by molar-refractivity contribution is 6.30. The molecule has 1 unspecified atom stereocenters. The Balaban J connectivity index is 1.58. The molecule has 2 saturated heterocycles. The van der Waals surface area contributed by atoms with Gasteiger partial charge < -0.3 is 19.1 Å². The van der Waals surface area contributed by atoms with Gasteiger partial charge in [0.05, 0.1) is 33.4 Å². The fourth-order valence-electron chi connectivity index (χ4n) is 5.36. The van der Waals surface area contributed by atoms with Gasteiger partial charge in [0.2, 0.25) is 5.91 Å². The van der Waals surface area contributed by atoms with Crippen molar-refractivity contribution in [3.05, 3.63) is 76.3 Å². The van der Waals surface area contributed by atoms with Crippen molar-refractivity contribution < 1.29 is 32.6 Å². The largest absolute Gasteiger partial charge is 0.497 e. The molecule has 9 nitrogen and oxygen atoms in total. The Labute approximate surface area is 246 Å². The van der Waals surface area contributed by atoms with Crippen LogP contribution in [0.1, 0.15) is 28.8 Å². The maximum Gasteiger partial charge on any atom is 0.276 e. The van der Waals surface area contributed by atoms with Crippen LogP contribution in [0.4, 0.5) is 20.4 Å². The third-order valence-corrected chi connectivity index (χ3v) is 7.74. The molecular formula is C30H29ClF2N4O5. The molecular weight excluding hydrogens is 570 g/mol. The maximum atomic E-state index is 15.5. The van der Waals surface area contributed by atoms with Crippen molar-refractivity contribution in [2.75, 3.05) is 50.3 Å². The lowest BCUT2D eigenvalue weighted by Crippen LogP contribution is -2.38. The van der Waals surface area contributed by atoms with Gasteiger partial charge in [-0.3, -0.25) is 14.5 Å². The van der Waals surface area contributed by atoms with Gasteiger partial charge in [-0.2, -0.15) is 0 Å². The van der Waals surface area contributed by atoms with Gasteiger partial charge in [-0.25, -0.2) is 18.8 Å². The molecule has 0 spiro atoms. The topological polar surface area (TPSA) is 93.6 Å². The van der Waals surface area contributed by atoms with Crippen molar-refractivity contribution in [2.24, 2.45) is 10.9 Å². The highest BCUT2D eigenvalue weighted by Crippen LogP contribution is 2.44. The van der Waals surface area contributed by atoms with Crippen LogP contribution in [0.25, 0.3) is 0 Å². The molecule has 0 bridgehead atoms. The van der Waals surface area contributed by atoms with E-state index in [1.54, 1.807) is 31.2 Å². The second kappa shape index (κ2) is 12.4. The highest BCUT2D eigenvalue weighted by atomic mass is 35.5. The molecule has 5 rings (SSSR count). The molecule has 3 aromatic rings. The van der Waals surface area contributed by atoms with Crippen LogP contribution in [0, 0.1) is 17.6 Å². The zero-order valence-electron chi connectivity index (χ0n) is 23.2. The van der Waals surface area contributed by atoms with E-state index in [-0.39, 0.29) is 22.7 Å². The van der Waals surface area contributed by atoms with Crippen LogP contribution in [-0.2, 0) is 9.53 Å². The van der Waals surface area contributed by atoms with Gasteiger partial charge in [0.25, 0.3) is 5.91 Å². The molecule has 220 valence electrons. The summed E-state index contributed by atoms with van der Waals surface area (Å²) in [6.07, 6.45) is 1.16. The van der Waals surface area contributed by atoms with Gasteiger partial charge in [0.1, 0.15) is 34.8 Å². The van der Waals surface area contributed by atoms with E-state index in [0.29, 0.717) is 42.9 Å². The van der Waals surface area contributed by atoms with Crippen molar-refractivity contribution in [1.82, 2.24) is 4.98 Å². The Bertz CT molecular complexity index is 1490. The number of hydrogen-bond donors (Lipinski definition) is 0. The average molecular weight is 599 g/mol. The summed E-state index contributed by atoms with van der Waals surface area (Å²) < 4.78 is 46.9. The second-order valence-corrected chi connectivity index (χ2v) is 10.4. The molecule has 1 aromatic heterocycles. The van der Waals surface area contributed by atoms with Gasteiger partial charge in [0.15, 0.2) is 0 Å². The van der Waals surface area contributed by atoms with E-state index in [1.165, 1.54) is 31.3 Å². The second-order valence-electron chi connectivity index (χ2n) is 9.92. The third-order valence-electron chi connectivity index (χ3n) is 7.49. The molecule has 12 heteroatoms. The van der Waals surface area contributed by atoms with E-state index in [1.807, 2.05) is 4.90 Å². The summed E-state index contributed by atoms with van der Waals surface area (Å²) in [5.41, 5.74) is -0.0696. The minimum atomic E-state index is -1.19. The number of methoxy groups -OCH3 is 2. The minimum absolute atomic E-state index is 0.00432. The number of aromatic nitrogens is 1. The van der Waals surface area contributed by atoms with Crippen LogP contribution in [-0.4, -0.2) is 69.6 Å². The van der Waals surface area contributed by atoms with Crippen LogP contribution >= 0.6 is 11.6 Å². The van der Waals surface area contributed by atoms with Crippen LogP contribution in [0.2, 0.25) is 5.02 Å². The van der Waals surface area contributed by atoms with Crippen LogP contribution < -0.4 is 19.3 Å². The van der Waals surface area contributed by atoms with Crippen LogP contribution in [0.15, 0.2) is 53.5 Å². The lowest BCUT2D eigenvalue weighted by Gasteiger charge is -2.30. The summed E-state index contributed by atoms with van der Waals surface area (Å²) in [7, 11) is 2.80. The van der Waals surface area contributed by atoms with Crippen molar-refractivity contribution in [3.8, 4) is 11.5 Å². The minimum Gasteiger partial charge on any atom is -0.497 e.